The first-order chi connectivity index (χ1) is 15.1. The number of hydrogen-bond acceptors (Lipinski definition) is 6. The standard InChI is InChI=1S/C23H29N7O/c1-3-18-16-30-10-7-19(22(30)27-23(18)31)15-28-11-13-29(14-12-28)20-5-6-21(26-17(20)2)25-9-4-8-24/h4-10,16H,3,11-15,24H2,1-2H3,(H,27,31)/b8-4-,25-9?. The first-order valence-electron chi connectivity index (χ1n) is 10.7. The van der Waals surface area contributed by atoms with Gasteiger partial charge in [-0.25, -0.2) is 9.98 Å². The number of nitrogens with zero attached hydrogens (tertiary/aromatic N) is 5. The fourth-order valence-electron chi connectivity index (χ4n) is 4.04. The summed E-state index contributed by atoms with van der Waals surface area (Å²) in [5.41, 5.74) is 10.3. The van der Waals surface area contributed by atoms with Gasteiger partial charge in [0.15, 0.2) is 5.82 Å². The van der Waals surface area contributed by atoms with Crippen LogP contribution in [-0.2, 0) is 13.0 Å². The lowest BCUT2D eigenvalue weighted by atomic mass is 10.2. The van der Waals surface area contributed by atoms with Crippen LogP contribution in [0, 0.1) is 6.92 Å². The fourth-order valence-corrected chi connectivity index (χ4v) is 4.04. The van der Waals surface area contributed by atoms with E-state index in [4.69, 9.17) is 5.73 Å². The highest BCUT2D eigenvalue weighted by molar-refractivity contribution is 5.73. The largest absolute Gasteiger partial charge is 0.405 e. The van der Waals surface area contributed by atoms with Gasteiger partial charge in [0.1, 0.15) is 5.65 Å². The number of fused-ring (bicyclic) bond motifs is 1. The maximum absolute atomic E-state index is 12.2. The highest BCUT2D eigenvalue weighted by Gasteiger charge is 2.20. The highest BCUT2D eigenvalue weighted by Crippen LogP contribution is 2.23. The zero-order valence-corrected chi connectivity index (χ0v) is 18.1. The number of aromatic amines is 1. The number of aromatic nitrogens is 3. The molecule has 0 bridgehead atoms. The van der Waals surface area contributed by atoms with Crippen molar-refractivity contribution in [1.29, 1.82) is 0 Å². The van der Waals surface area contributed by atoms with E-state index in [1.807, 2.05) is 36.7 Å². The van der Waals surface area contributed by atoms with E-state index < -0.39 is 0 Å². The number of anilines is 1. The maximum Gasteiger partial charge on any atom is 0.254 e. The van der Waals surface area contributed by atoms with Crippen molar-refractivity contribution in [3.63, 3.8) is 0 Å². The van der Waals surface area contributed by atoms with Crippen molar-refractivity contribution in [1.82, 2.24) is 19.3 Å². The summed E-state index contributed by atoms with van der Waals surface area (Å²) in [5.74, 6) is 0.679. The Morgan fingerprint density at radius 1 is 1.19 bits per heavy atom. The Morgan fingerprint density at radius 2 is 2.00 bits per heavy atom. The monoisotopic (exact) mass is 419 g/mol. The third kappa shape index (κ3) is 4.54. The first kappa shape index (κ1) is 20.9. The van der Waals surface area contributed by atoms with Crippen molar-refractivity contribution in [2.75, 3.05) is 31.1 Å². The summed E-state index contributed by atoms with van der Waals surface area (Å²) in [6.45, 7) is 8.62. The molecule has 0 saturated carbocycles. The van der Waals surface area contributed by atoms with Gasteiger partial charge in [-0.15, -0.1) is 0 Å². The molecule has 3 aromatic rings. The number of rotatable bonds is 6. The summed E-state index contributed by atoms with van der Waals surface area (Å²) >= 11 is 0. The van der Waals surface area contributed by atoms with E-state index in [-0.39, 0.29) is 5.56 Å². The van der Waals surface area contributed by atoms with Gasteiger partial charge in [-0.05, 0) is 43.8 Å². The van der Waals surface area contributed by atoms with Crippen LogP contribution in [0.25, 0.3) is 5.65 Å². The molecule has 4 rings (SSSR count). The van der Waals surface area contributed by atoms with E-state index in [1.54, 1.807) is 12.3 Å². The molecule has 0 radical (unpaired) electrons. The SMILES string of the molecule is CCc1cn2ccc(CN3CCN(c4ccc(N=C/C=C\N)nc4C)CC3)c2[nH]c1=O. The average molecular weight is 420 g/mol. The zero-order chi connectivity index (χ0) is 21.8. The van der Waals surface area contributed by atoms with Crippen LogP contribution in [0.2, 0.25) is 0 Å². The highest BCUT2D eigenvalue weighted by atomic mass is 16.1. The Labute approximate surface area is 181 Å². The van der Waals surface area contributed by atoms with Crippen LogP contribution < -0.4 is 16.2 Å². The lowest BCUT2D eigenvalue weighted by Crippen LogP contribution is -2.46. The van der Waals surface area contributed by atoms with Crippen LogP contribution in [0.4, 0.5) is 11.5 Å². The summed E-state index contributed by atoms with van der Waals surface area (Å²) in [4.78, 5) is 29.0. The molecule has 162 valence electrons. The molecule has 4 heterocycles. The third-order valence-electron chi connectivity index (χ3n) is 5.75. The van der Waals surface area contributed by atoms with Crippen LogP contribution in [-0.4, -0.2) is 51.7 Å². The molecule has 8 nitrogen and oxygen atoms in total. The molecular formula is C23H29N7O. The van der Waals surface area contributed by atoms with Crippen LogP contribution in [0.15, 0.2) is 52.7 Å². The van der Waals surface area contributed by atoms with Gasteiger partial charge in [-0.2, -0.15) is 0 Å². The maximum atomic E-state index is 12.2. The Hall–Kier alpha value is -3.39. The van der Waals surface area contributed by atoms with Gasteiger partial charge in [0.05, 0.1) is 11.4 Å². The van der Waals surface area contributed by atoms with Crippen molar-refractivity contribution >= 4 is 23.4 Å². The normalized spacial score (nSPS) is 15.6. The van der Waals surface area contributed by atoms with Crippen molar-refractivity contribution in [2.45, 2.75) is 26.8 Å². The Bertz CT molecular complexity index is 1170. The van der Waals surface area contributed by atoms with Gasteiger partial charge in [-0.1, -0.05) is 6.92 Å². The van der Waals surface area contributed by atoms with Crippen LogP contribution in [0.3, 0.4) is 0 Å². The van der Waals surface area contributed by atoms with E-state index >= 15 is 0 Å². The molecule has 1 aliphatic heterocycles. The van der Waals surface area contributed by atoms with E-state index in [0.717, 1.165) is 67.3 Å². The molecule has 31 heavy (non-hydrogen) atoms. The molecular weight excluding hydrogens is 390 g/mol. The second kappa shape index (κ2) is 9.18. The average Bonchev–Trinajstić information content (AvgIpc) is 3.15. The molecule has 0 unspecified atom stereocenters. The Balaban J connectivity index is 1.41. The van der Waals surface area contributed by atoms with E-state index in [1.165, 1.54) is 6.20 Å². The summed E-state index contributed by atoms with van der Waals surface area (Å²) in [6, 6.07) is 6.13. The van der Waals surface area contributed by atoms with E-state index in [0.29, 0.717) is 5.82 Å². The molecule has 3 N–H and O–H groups in total. The number of H-pyrrole nitrogens is 1. The number of pyridine rings is 1. The predicted octanol–water partition coefficient (Wildman–Crippen LogP) is 2.39. The lowest BCUT2D eigenvalue weighted by Gasteiger charge is -2.36. The molecule has 1 aliphatic rings. The van der Waals surface area contributed by atoms with Gasteiger partial charge in [0, 0.05) is 62.5 Å². The summed E-state index contributed by atoms with van der Waals surface area (Å²) in [7, 11) is 0. The predicted molar refractivity (Wildman–Crippen MR) is 125 cm³/mol. The molecule has 0 spiro atoms. The fraction of sp³-hybridized carbons (Fsp3) is 0.348. The van der Waals surface area contributed by atoms with Crippen LogP contribution in [0.5, 0.6) is 0 Å². The number of aliphatic imine (C=N–C) groups is 1. The van der Waals surface area contributed by atoms with Gasteiger partial charge in [0.2, 0.25) is 0 Å². The van der Waals surface area contributed by atoms with Crippen molar-refractivity contribution in [2.24, 2.45) is 10.7 Å². The molecule has 0 amide bonds. The smallest absolute Gasteiger partial charge is 0.254 e. The zero-order valence-electron chi connectivity index (χ0n) is 18.1. The summed E-state index contributed by atoms with van der Waals surface area (Å²) < 4.78 is 2.02. The van der Waals surface area contributed by atoms with E-state index in [9.17, 15) is 4.79 Å². The minimum atomic E-state index is 0.00887. The van der Waals surface area contributed by atoms with Crippen molar-refractivity contribution in [3.8, 4) is 0 Å². The third-order valence-corrected chi connectivity index (χ3v) is 5.75. The Morgan fingerprint density at radius 3 is 2.71 bits per heavy atom. The van der Waals surface area contributed by atoms with Crippen molar-refractivity contribution in [3.05, 3.63) is 70.0 Å². The molecule has 0 aliphatic carbocycles. The molecule has 3 aromatic heterocycles. The first-order valence-corrected chi connectivity index (χ1v) is 10.7. The van der Waals surface area contributed by atoms with Gasteiger partial charge in [0.25, 0.3) is 5.56 Å². The number of nitrogens with two attached hydrogens (primary N) is 1. The second-order valence-corrected chi connectivity index (χ2v) is 7.76. The number of hydrogen-bond donors (Lipinski definition) is 2. The van der Waals surface area contributed by atoms with E-state index in [2.05, 4.69) is 36.9 Å². The Kier molecular flexibility index (Phi) is 6.18. The lowest BCUT2D eigenvalue weighted by molar-refractivity contribution is 0.250. The number of piperazine rings is 1. The number of allylic oxidation sites excluding steroid dienone is 1. The van der Waals surface area contributed by atoms with Crippen molar-refractivity contribution < 1.29 is 0 Å². The van der Waals surface area contributed by atoms with Gasteiger partial charge in [-0.3, -0.25) is 9.69 Å². The summed E-state index contributed by atoms with van der Waals surface area (Å²) in [6.07, 6.45) is 9.46. The van der Waals surface area contributed by atoms with Gasteiger partial charge < -0.3 is 20.0 Å². The summed E-state index contributed by atoms with van der Waals surface area (Å²) in [5, 5.41) is 0. The molecule has 1 saturated heterocycles. The number of nitrogens with one attached hydrogen (secondary N) is 1. The molecule has 8 heteroatoms. The van der Waals surface area contributed by atoms with Crippen LogP contribution in [0.1, 0.15) is 23.7 Å². The quantitative estimate of drug-likeness (QED) is 0.598. The topological polar surface area (TPSA) is 95.0 Å². The minimum absolute atomic E-state index is 0.00887. The second-order valence-electron chi connectivity index (χ2n) is 7.76. The van der Waals surface area contributed by atoms with Crippen LogP contribution >= 0.6 is 0 Å². The number of aryl methyl sites for hydroxylation is 2. The molecule has 0 aromatic carbocycles. The molecule has 1 fully saturated rings. The minimum Gasteiger partial charge on any atom is -0.405 e. The van der Waals surface area contributed by atoms with Gasteiger partial charge >= 0.3 is 0 Å². The molecule has 0 atom stereocenters.